The maximum absolute atomic E-state index is 11.0. The molecular formula is C19H35NaO9. The SMILES string of the molecule is C=C(C)C(=O)OCC(CO)(CO)CO.O=C(O)CCCCCCCCC(=O)O.[H-].[Na+]. The predicted octanol–water partition coefficient (Wildman–Crippen LogP) is -1.54. The van der Waals surface area contributed by atoms with Crippen molar-refractivity contribution in [1.29, 1.82) is 0 Å². The Bertz CT molecular complexity index is 454. The average Bonchev–Trinajstić information content (AvgIpc) is 2.65. The van der Waals surface area contributed by atoms with Crippen LogP contribution in [0.1, 0.15) is 59.7 Å². The molecule has 0 fully saturated rings. The van der Waals surface area contributed by atoms with Gasteiger partial charge >= 0.3 is 47.5 Å². The number of unbranched alkanes of at least 4 members (excludes halogenated alkanes) is 5. The molecule has 0 saturated carbocycles. The van der Waals surface area contributed by atoms with Crippen LogP contribution < -0.4 is 29.6 Å². The molecule has 0 rings (SSSR count). The van der Waals surface area contributed by atoms with E-state index in [1.54, 1.807) is 0 Å². The third-order valence-corrected chi connectivity index (χ3v) is 3.90. The van der Waals surface area contributed by atoms with Gasteiger partial charge in [0.1, 0.15) is 6.61 Å². The van der Waals surface area contributed by atoms with Crippen LogP contribution in [0.4, 0.5) is 0 Å². The van der Waals surface area contributed by atoms with E-state index < -0.39 is 43.1 Å². The van der Waals surface area contributed by atoms with Gasteiger partial charge in [0.15, 0.2) is 0 Å². The van der Waals surface area contributed by atoms with Crippen molar-refractivity contribution in [3.8, 4) is 0 Å². The molecule has 0 aromatic rings. The molecule has 0 bridgehead atoms. The molecule has 9 nitrogen and oxygen atoms in total. The van der Waals surface area contributed by atoms with Gasteiger partial charge in [-0.15, -0.1) is 0 Å². The fourth-order valence-electron chi connectivity index (χ4n) is 1.89. The predicted molar refractivity (Wildman–Crippen MR) is 103 cm³/mol. The standard InChI is InChI=1S/C10H18O4.C9H16O5.Na.H/c11-9(12)7-5-3-1-2-4-6-8-10(13)14;1-7(2)8(13)14-6-9(3-10,4-11)5-12;;/h1-8H2,(H,11,12)(H,13,14);10-12H,1,3-6H2,2H3;;/q;;+1;-1. The number of aliphatic hydroxyl groups excluding tert-OH is 3. The Kier molecular flexibility index (Phi) is 22.9. The summed E-state index contributed by atoms with van der Waals surface area (Å²) in [4.78, 5) is 31.3. The van der Waals surface area contributed by atoms with Crippen molar-refractivity contribution < 1.29 is 75.6 Å². The number of aliphatic carboxylic acids is 2. The molecule has 0 unspecified atom stereocenters. The summed E-state index contributed by atoms with van der Waals surface area (Å²) in [5.74, 6) is -2.09. The Morgan fingerprint density at radius 1 is 0.828 bits per heavy atom. The summed E-state index contributed by atoms with van der Waals surface area (Å²) >= 11 is 0. The summed E-state index contributed by atoms with van der Waals surface area (Å²) in [6.45, 7) is 3.26. The van der Waals surface area contributed by atoms with Gasteiger partial charge in [0.05, 0.1) is 25.2 Å². The molecule has 0 saturated heterocycles. The Morgan fingerprint density at radius 2 is 1.17 bits per heavy atom. The molecule has 0 aromatic heterocycles. The van der Waals surface area contributed by atoms with E-state index in [0.29, 0.717) is 0 Å². The maximum Gasteiger partial charge on any atom is 1.00 e. The summed E-state index contributed by atoms with van der Waals surface area (Å²) in [7, 11) is 0. The number of hydrogen-bond acceptors (Lipinski definition) is 7. The summed E-state index contributed by atoms with van der Waals surface area (Å²) in [6.07, 6.45) is 5.82. The van der Waals surface area contributed by atoms with Crippen LogP contribution >= 0.6 is 0 Å². The molecule has 0 aliphatic rings. The van der Waals surface area contributed by atoms with Gasteiger partial charge in [-0.3, -0.25) is 9.59 Å². The van der Waals surface area contributed by atoms with Crippen molar-refractivity contribution in [3.63, 3.8) is 0 Å². The molecule has 0 atom stereocenters. The van der Waals surface area contributed by atoms with E-state index >= 15 is 0 Å². The second-order valence-electron chi connectivity index (χ2n) is 6.74. The molecule has 10 heteroatoms. The minimum absolute atomic E-state index is 0. The van der Waals surface area contributed by atoms with Gasteiger partial charge in [0.25, 0.3) is 0 Å². The normalized spacial score (nSPS) is 10.2. The largest absolute Gasteiger partial charge is 1.00 e. The van der Waals surface area contributed by atoms with Crippen molar-refractivity contribution in [1.82, 2.24) is 0 Å². The first-order chi connectivity index (χ1) is 13.1. The van der Waals surface area contributed by atoms with E-state index in [-0.39, 0.29) is 56.0 Å². The zero-order valence-electron chi connectivity index (χ0n) is 18.6. The summed E-state index contributed by atoms with van der Waals surface area (Å²) in [6, 6.07) is 0. The van der Waals surface area contributed by atoms with Gasteiger partial charge in [0, 0.05) is 18.4 Å². The smallest absolute Gasteiger partial charge is 1.00 e. The van der Waals surface area contributed by atoms with E-state index in [4.69, 9.17) is 30.3 Å². The van der Waals surface area contributed by atoms with Crippen molar-refractivity contribution in [2.24, 2.45) is 5.41 Å². The number of ether oxygens (including phenoxy) is 1. The molecule has 0 aliphatic heterocycles. The molecule has 0 amide bonds. The van der Waals surface area contributed by atoms with Gasteiger partial charge in [-0.1, -0.05) is 32.3 Å². The number of carboxylic acids is 2. The number of rotatable bonds is 15. The third-order valence-electron chi connectivity index (χ3n) is 3.90. The van der Waals surface area contributed by atoms with Gasteiger partial charge in [-0.05, 0) is 19.8 Å². The molecule has 0 radical (unpaired) electrons. The van der Waals surface area contributed by atoms with Crippen molar-refractivity contribution in [2.75, 3.05) is 26.4 Å². The number of hydrogen-bond donors (Lipinski definition) is 5. The quantitative estimate of drug-likeness (QED) is 0.0897. The monoisotopic (exact) mass is 430 g/mol. The van der Waals surface area contributed by atoms with Crippen LogP contribution in [-0.2, 0) is 19.1 Å². The Labute approximate surface area is 195 Å². The van der Waals surface area contributed by atoms with Crippen LogP contribution in [0.3, 0.4) is 0 Å². The Hall–Kier alpha value is -0.970. The molecule has 166 valence electrons. The van der Waals surface area contributed by atoms with E-state index in [1.807, 2.05) is 0 Å². The molecule has 0 aliphatic carbocycles. The van der Waals surface area contributed by atoms with Gasteiger partial charge in [-0.2, -0.15) is 0 Å². The molecule has 0 heterocycles. The van der Waals surface area contributed by atoms with E-state index in [9.17, 15) is 14.4 Å². The van der Waals surface area contributed by atoms with Crippen LogP contribution in [0.2, 0.25) is 0 Å². The second kappa shape index (κ2) is 20.3. The van der Waals surface area contributed by atoms with Crippen LogP contribution in [0.15, 0.2) is 12.2 Å². The number of carboxylic acid groups (broad SMARTS) is 2. The zero-order valence-corrected chi connectivity index (χ0v) is 19.6. The topological polar surface area (TPSA) is 162 Å². The molecule has 5 N–H and O–H groups in total. The summed E-state index contributed by atoms with van der Waals surface area (Å²) < 4.78 is 4.72. The molecular weight excluding hydrogens is 395 g/mol. The summed E-state index contributed by atoms with van der Waals surface area (Å²) in [5.41, 5.74) is -0.946. The molecule has 0 aromatic carbocycles. The average molecular weight is 430 g/mol. The molecule has 29 heavy (non-hydrogen) atoms. The number of aliphatic hydroxyl groups is 3. The number of esters is 1. The second-order valence-corrected chi connectivity index (χ2v) is 6.74. The fraction of sp³-hybridized carbons (Fsp3) is 0.737. The number of carbonyl (C=O) groups is 3. The van der Waals surface area contributed by atoms with Crippen molar-refractivity contribution in [3.05, 3.63) is 12.2 Å². The van der Waals surface area contributed by atoms with Gasteiger partial charge in [-0.25, -0.2) is 4.79 Å². The minimum Gasteiger partial charge on any atom is -1.00 e. The van der Waals surface area contributed by atoms with E-state index in [1.165, 1.54) is 6.92 Å². The van der Waals surface area contributed by atoms with Crippen molar-refractivity contribution >= 4 is 17.9 Å². The maximum atomic E-state index is 11.0. The third kappa shape index (κ3) is 20.1. The fourth-order valence-corrected chi connectivity index (χ4v) is 1.89. The van der Waals surface area contributed by atoms with Crippen LogP contribution in [0.5, 0.6) is 0 Å². The Morgan fingerprint density at radius 3 is 1.45 bits per heavy atom. The first-order valence-corrected chi connectivity index (χ1v) is 9.23. The van der Waals surface area contributed by atoms with Crippen LogP contribution in [0.25, 0.3) is 0 Å². The zero-order chi connectivity index (χ0) is 22.0. The van der Waals surface area contributed by atoms with Gasteiger partial charge < -0.3 is 31.7 Å². The van der Waals surface area contributed by atoms with Crippen LogP contribution in [0, 0.1) is 5.41 Å². The van der Waals surface area contributed by atoms with E-state index in [0.717, 1.165) is 38.5 Å². The van der Waals surface area contributed by atoms with E-state index in [2.05, 4.69) is 6.58 Å². The Balaban J connectivity index is -0.000000211. The number of carbonyl (C=O) groups excluding carboxylic acids is 1. The van der Waals surface area contributed by atoms with Gasteiger partial charge in [0.2, 0.25) is 0 Å². The van der Waals surface area contributed by atoms with Crippen LogP contribution in [-0.4, -0.2) is 69.9 Å². The van der Waals surface area contributed by atoms with Crippen molar-refractivity contribution in [2.45, 2.75) is 58.3 Å². The molecule has 0 spiro atoms. The summed E-state index contributed by atoms with van der Waals surface area (Å²) in [5, 5.41) is 43.4. The first kappa shape index (κ1) is 32.7. The first-order valence-electron chi connectivity index (χ1n) is 9.23. The minimum atomic E-state index is -1.18.